The average Bonchev–Trinajstić information content (AvgIpc) is 3.63. The normalized spacial score (nSPS) is 11.5. The van der Waals surface area contributed by atoms with Crippen LogP contribution in [0.4, 0.5) is 0 Å². The summed E-state index contributed by atoms with van der Waals surface area (Å²) in [6.07, 6.45) is 0. The molecular formula is C37H23NS2. The highest BCUT2D eigenvalue weighted by atomic mass is 32.1. The number of hydrogen-bond donors (Lipinski definition) is 0. The van der Waals surface area contributed by atoms with Crippen molar-refractivity contribution < 1.29 is 0 Å². The van der Waals surface area contributed by atoms with E-state index >= 15 is 0 Å². The number of nitrogens with zero attached hydrogens (tertiary/aromatic N) is 1. The number of fused-ring (bicyclic) bond motifs is 4. The molecule has 3 heteroatoms. The first-order chi connectivity index (χ1) is 19.8. The Morgan fingerprint density at radius 2 is 0.975 bits per heavy atom. The van der Waals surface area contributed by atoms with E-state index in [1.807, 2.05) is 11.3 Å². The maximum atomic E-state index is 4.98. The van der Waals surface area contributed by atoms with Crippen LogP contribution in [-0.2, 0) is 0 Å². The summed E-state index contributed by atoms with van der Waals surface area (Å²) in [5.74, 6) is 0. The molecule has 8 rings (SSSR count). The highest BCUT2D eigenvalue weighted by molar-refractivity contribution is 7.26. The first kappa shape index (κ1) is 23.3. The van der Waals surface area contributed by atoms with Crippen molar-refractivity contribution in [3.63, 3.8) is 0 Å². The number of benzene rings is 6. The van der Waals surface area contributed by atoms with Crippen LogP contribution in [-0.4, -0.2) is 4.98 Å². The molecule has 0 aliphatic heterocycles. The Morgan fingerprint density at radius 1 is 0.400 bits per heavy atom. The summed E-state index contributed by atoms with van der Waals surface area (Å²) in [5.41, 5.74) is 9.64. The molecule has 0 amide bonds. The smallest absolute Gasteiger partial charge is 0.124 e. The van der Waals surface area contributed by atoms with Gasteiger partial charge in [0.2, 0.25) is 0 Å². The highest BCUT2D eigenvalue weighted by Gasteiger charge is 2.16. The Bertz CT molecular complexity index is 2100. The minimum absolute atomic E-state index is 1.06. The van der Waals surface area contributed by atoms with Crippen molar-refractivity contribution in [3.8, 4) is 44.0 Å². The molecule has 0 saturated carbocycles. The minimum Gasteiger partial charge on any atom is -0.236 e. The zero-order valence-corrected chi connectivity index (χ0v) is 23.2. The van der Waals surface area contributed by atoms with Gasteiger partial charge in [0.05, 0.1) is 10.2 Å². The van der Waals surface area contributed by atoms with Gasteiger partial charge in [0.1, 0.15) is 5.01 Å². The molecule has 8 aromatic rings. The van der Waals surface area contributed by atoms with Gasteiger partial charge in [-0.05, 0) is 63.7 Å². The van der Waals surface area contributed by atoms with Gasteiger partial charge in [-0.15, -0.1) is 22.7 Å². The summed E-state index contributed by atoms with van der Waals surface area (Å²) in [5, 5.41) is 3.70. The molecule has 0 saturated heterocycles. The lowest BCUT2D eigenvalue weighted by Crippen LogP contribution is -1.85. The molecule has 0 spiro atoms. The van der Waals surface area contributed by atoms with Crippen molar-refractivity contribution in [1.82, 2.24) is 4.98 Å². The van der Waals surface area contributed by atoms with Crippen LogP contribution < -0.4 is 0 Å². The SMILES string of the molecule is c1ccc(-c2ccc(-c3ccc(-c4cc(-c5nc6ccccc6s5)cc5sc6ccccc6c45)cc3)cc2)cc1. The van der Waals surface area contributed by atoms with Gasteiger partial charge in [0.15, 0.2) is 0 Å². The zero-order valence-electron chi connectivity index (χ0n) is 21.5. The van der Waals surface area contributed by atoms with Crippen molar-refractivity contribution in [2.24, 2.45) is 0 Å². The summed E-state index contributed by atoms with van der Waals surface area (Å²) in [6.45, 7) is 0. The van der Waals surface area contributed by atoms with Crippen molar-refractivity contribution >= 4 is 53.1 Å². The predicted octanol–water partition coefficient (Wildman–Crippen LogP) is 11.3. The Labute approximate surface area is 240 Å². The van der Waals surface area contributed by atoms with Crippen LogP contribution in [0.1, 0.15) is 0 Å². The van der Waals surface area contributed by atoms with E-state index in [0.29, 0.717) is 0 Å². The Morgan fingerprint density at radius 3 is 1.68 bits per heavy atom. The number of rotatable bonds is 4. The Hall–Kier alpha value is -4.57. The third-order valence-electron chi connectivity index (χ3n) is 7.54. The summed E-state index contributed by atoms with van der Waals surface area (Å²) in [4.78, 5) is 4.98. The molecule has 0 aliphatic rings. The van der Waals surface area contributed by atoms with Crippen LogP contribution in [0, 0.1) is 0 Å². The molecule has 0 bridgehead atoms. The van der Waals surface area contributed by atoms with Gasteiger partial charge in [-0.2, -0.15) is 0 Å². The third-order valence-corrected chi connectivity index (χ3v) is 9.74. The maximum absolute atomic E-state index is 4.98. The molecule has 0 fully saturated rings. The maximum Gasteiger partial charge on any atom is 0.124 e. The molecule has 0 unspecified atom stereocenters. The first-order valence-corrected chi connectivity index (χ1v) is 15.0. The molecule has 188 valence electrons. The lowest BCUT2D eigenvalue weighted by molar-refractivity contribution is 1.48. The second-order valence-corrected chi connectivity index (χ2v) is 12.1. The van der Waals surface area contributed by atoms with E-state index in [1.165, 1.54) is 63.8 Å². The predicted molar refractivity (Wildman–Crippen MR) is 174 cm³/mol. The number of para-hydroxylation sites is 1. The van der Waals surface area contributed by atoms with Crippen molar-refractivity contribution in [2.45, 2.75) is 0 Å². The van der Waals surface area contributed by atoms with Crippen LogP contribution >= 0.6 is 22.7 Å². The molecule has 40 heavy (non-hydrogen) atoms. The van der Waals surface area contributed by atoms with Crippen LogP contribution in [0.15, 0.2) is 140 Å². The number of aromatic nitrogens is 1. The quantitative estimate of drug-likeness (QED) is 0.214. The standard InChI is InChI=1S/C37H23NS2/c1-2-8-24(9-3-1)25-14-16-26(17-15-25)27-18-20-28(21-19-27)31-22-29(37-38-32-11-5-7-13-34(32)40-37)23-35-36(31)30-10-4-6-12-33(30)39-35/h1-23H. The van der Waals surface area contributed by atoms with Crippen LogP contribution in [0.3, 0.4) is 0 Å². The van der Waals surface area contributed by atoms with E-state index in [4.69, 9.17) is 4.98 Å². The highest BCUT2D eigenvalue weighted by Crippen LogP contribution is 2.44. The third kappa shape index (κ3) is 4.03. The summed E-state index contributed by atoms with van der Waals surface area (Å²) in [7, 11) is 0. The fourth-order valence-corrected chi connectivity index (χ4v) is 7.65. The topological polar surface area (TPSA) is 12.9 Å². The van der Waals surface area contributed by atoms with Gasteiger partial charge in [-0.3, -0.25) is 0 Å². The van der Waals surface area contributed by atoms with E-state index in [9.17, 15) is 0 Å². The minimum atomic E-state index is 1.06. The largest absolute Gasteiger partial charge is 0.236 e. The molecule has 0 atom stereocenters. The number of hydrogen-bond acceptors (Lipinski definition) is 3. The first-order valence-electron chi connectivity index (χ1n) is 13.4. The van der Waals surface area contributed by atoms with E-state index in [2.05, 4.69) is 140 Å². The molecule has 2 heterocycles. The van der Waals surface area contributed by atoms with Gasteiger partial charge in [-0.1, -0.05) is 109 Å². The van der Waals surface area contributed by atoms with Gasteiger partial charge >= 0.3 is 0 Å². The van der Waals surface area contributed by atoms with E-state index < -0.39 is 0 Å². The van der Waals surface area contributed by atoms with Crippen molar-refractivity contribution in [3.05, 3.63) is 140 Å². The molecule has 0 N–H and O–H groups in total. The molecule has 1 nitrogen and oxygen atoms in total. The number of thiophene rings is 1. The van der Waals surface area contributed by atoms with Gasteiger partial charge in [-0.25, -0.2) is 4.98 Å². The summed E-state index contributed by atoms with van der Waals surface area (Å²) < 4.78 is 3.84. The van der Waals surface area contributed by atoms with Crippen LogP contribution in [0.25, 0.3) is 74.3 Å². The monoisotopic (exact) mass is 545 g/mol. The van der Waals surface area contributed by atoms with Crippen LogP contribution in [0.2, 0.25) is 0 Å². The second kappa shape index (κ2) is 9.56. The van der Waals surface area contributed by atoms with E-state index in [1.54, 1.807) is 11.3 Å². The Kier molecular flexibility index (Phi) is 5.58. The fourth-order valence-electron chi connectivity index (χ4n) is 5.53. The van der Waals surface area contributed by atoms with Gasteiger partial charge in [0, 0.05) is 25.7 Å². The van der Waals surface area contributed by atoms with Crippen molar-refractivity contribution in [2.75, 3.05) is 0 Å². The summed E-state index contributed by atoms with van der Waals surface area (Å²) in [6, 6.07) is 50.2. The second-order valence-electron chi connectivity index (χ2n) is 10.0. The van der Waals surface area contributed by atoms with Crippen molar-refractivity contribution in [1.29, 1.82) is 0 Å². The van der Waals surface area contributed by atoms with Gasteiger partial charge < -0.3 is 0 Å². The van der Waals surface area contributed by atoms with E-state index in [0.717, 1.165) is 10.5 Å². The molecular weight excluding hydrogens is 523 g/mol. The Balaban J connectivity index is 1.23. The zero-order chi connectivity index (χ0) is 26.5. The summed E-state index contributed by atoms with van der Waals surface area (Å²) >= 11 is 3.62. The molecule has 0 radical (unpaired) electrons. The van der Waals surface area contributed by atoms with Crippen LogP contribution in [0.5, 0.6) is 0 Å². The van der Waals surface area contributed by atoms with Gasteiger partial charge in [0.25, 0.3) is 0 Å². The van der Waals surface area contributed by atoms with E-state index in [-0.39, 0.29) is 0 Å². The number of thiazole rings is 1. The average molecular weight is 546 g/mol. The molecule has 0 aliphatic carbocycles. The lowest BCUT2D eigenvalue weighted by Gasteiger charge is -2.10. The molecule has 2 aromatic heterocycles. The lowest BCUT2D eigenvalue weighted by atomic mass is 9.95. The fraction of sp³-hybridized carbons (Fsp3) is 0. The molecule has 6 aromatic carbocycles.